The van der Waals surface area contributed by atoms with E-state index in [4.69, 9.17) is 14.2 Å². The molecule has 190 valence electrons. The van der Waals surface area contributed by atoms with Gasteiger partial charge in [0.15, 0.2) is 11.5 Å². The quantitative estimate of drug-likeness (QED) is 0.305. The fourth-order valence-corrected chi connectivity index (χ4v) is 4.73. The molecule has 3 aromatic rings. The van der Waals surface area contributed by atoms with Crippen LogP contribution in [0.5, 0.6) is 17.2 Å². The van der Waals surface area contributed by atoms with E-state index in [1.165, 1.54) is 12.0 Å². The van der Waals surface area contributed by atoms with Crippen LogP contribution < -0.4 is 19.1 Å². The van der Waals surface area contributed by atoms with Crippen molar-refractivity contribution in [2.24, 2.45) is 0 Å². The summed E-state index contributed by atoms with van der Waals surface area (Å²) in [7, 11) is 5.37. The number of aliphatic hydroxyl groups excluding tert-OH is 1. The smallest absolute Gasteiger partial charge is 0.295 e. The molecule has 1 fully saturated rings. The highest BCUT2D eigenvalue weighted by molar-refractivity contribution is 6.46. The van der Waals surface area contributed by atoms with Gasteiger partial charge in [0.05, 0.1) is 24.3 Å². The Morgan fingerprint density at radius 1 is 1.03 bits per heavy atom. The molecular weight excluding hydrogens is 472 g/mol. The van der Waals surface area contributed by atoms with Gasteiger partial charge in [-0.15, -0.1) is 0 Å². The molecule has 0 aromatic heterocycles. The van der Waals surface area contributed by atoms with E-state index in [2.05, 4.69) is 0 Å². The SMILES string of the molecule is COc1ccc(C)cc1/C(O)=C1\C(=O)C(=O)N(Cc2ccc3c(c2)OCO3)C1c1ccc(N(C)C)cc1. The molecule has 1 N–H and O–H groups in total. The topological polar surface area (TPSA) is 88.5 Å². The van der Waals surface area contributed by atoms with Crippen LogP contribution >= 0.6 is 0 Å². The van der Waals surface area contributed by atoms with Crippen molar-refractivity contribution >= 4 is 23.1 Å². The van der Waals surface area contributed by atoms with Crippen LogP contribution in [0.3, 0.4) is 0 Å². The molecule has 2 aliphatic rings. The fraction of sp³-hybridized carbons (Fsp3) is 0.241. The number of ether oxygens (including phenoxy) is 3. The van der Waals surface area contributed by atoms with Crippen molar-refractivity contribution in [3.05, 3.63) is 88.5 Å². The maximum absolute atomic E-state index is 13.4. The van der Waals surface area contributed by atoms with Crippen molar-refractivity contribution in [2.75, 3.05) is 32.9 Å². The summed E-state index contributed by atoms with van der Waals surface area (Å²) in [5.41, 5.74) is 3.71. The van der Waals surface area contributed by atoms with Crippen LogP contribution in [0.25, 0.3) is 5.76 Å². The molecule has 1 atom stereocenters. The number of methoxy groups -OCH3 is 1. The van der Waals surface area contributed by atoms with Gasteiger partial charge in [-0.1, -0.05) is 29.8 Å². The number of carbonyl (C=O) groups is 2. The van der Waals surface area contributed by atoms with Crippen LogP contribution in [0.15, 0.2) is 66.2 Å². The molecule has 3 aromatic carbocycles. The van der Waals surface area contributed by atoms with Gasteiger partial charge in [-0.25, -0.2) is 0 Å². The summed E-state index contributed by atoms with van der Waals surface area (Å²) >= 11 is 0. The summed E-state index contributed by atoms with van der Waals surface area (Å²) in [5, 5.41) is 11.5. The number of Topliss-reactive ketones (excluding diaryl/α,β-unsaturated/α-hetero) is 1. The molecule has 8 heteroatoms. The number of likely N-dealkylation sites (tertiary alicyclic amines) is 1. The Labute approximate surface area is 215 Å². The first-order valence-corrected chi connectivity index (χ1v) is 11.9. The first kappa shape index (κ1) is 24.2. The van der Waals surface area contributed by atoms with E-state index < -0.39 is 17.7 Å². The first-order chi connectivity index (χ1) is 17.8. The number of hydrogen-bond acceptors (Lipinski definition) is 7. The number of nitrogens with zero attached hydrogens (tertiary/aromatic N) is 2. The van der Waals surface area contributed by atoms with Crippen LogP contribution in [0.1, 0.15) is 28.3 Å². The number of fused-ring (bicyclic) bond motifs is 1. The van der Waals surface area contributed by atoms with Gasteiger partial charge in [-0.2, -0.15) is 0 Å². The molecule has 1 amide bonds. The van der Waals surface area contributed by atoms with Crippen molar-refractivity contribution in [1.82, 2.24) is 4.90 Å². The third kappa shape index (κ3) is 4.35. The lowest BCUT2D eigenvalue weighted by molar-refractivity contribution is -0.140. The largest absolute Gasteiger partial charge is 0.507 e. The summed E-state index contributed by atoms with van der Waals surface area (Å²) in [5.74, 6) is -0.0739. The molecule has 0 aliphatic carbocycles. The molecule has 37 heavy (non-hydrogen) atoms. The predicted octanol–water partition coefficient (Wildman–Crippen LogP) is 4.42. The number of aryl methyl sites for hydroxylation is 1. The Kier molecular flexibility index (Phi) is 6.25. The van der Waals surface area contributed by atoms with Gasteiger partial charge in [0.1, 0.15) is 11.5 Å². The van der Waals surface area contributed by atoms with Crippen LogP contribution in [-0.4, -0.2) is 49.7 Å². The van der Waals surface area contributed by atoms with Crippen molar-refractivity contribution in [3.63, 3.8) is 0 Å². The Hall–Kier alpha value is -4.46. The minimum absolute atomic E-state index is 0.0206. The van der Waals surface area contributed by atoms with Gasteiger partial charge < -0.3 is 29.1 Å². The van der Waals surface area contributed by atoms with Gasteiger partial charge in [-0.3, -0.25) is 9.59 Å². The molecule has 0 saturated carbocycles. The Bertz CT molecular complexity index is 1410. The minimum Gasteiger partial charge on any atom is -0.507 e. The van der Waals surface area contributed by atoms with Gasteiger partial charge in [0.25, 0.3) is 11.7 Å². The van der Waals surface area contributed by atoms with E-state index in [9.17, 15) is 14.7 Å². The summed E-state index contributed by atoms with van der Waals surface area (Å²) in [6.07, 6.45) is 0. The maximum atomic E-state index is 13.4. The zero-order valence-electron chi connectivity index (χ0n) is 21.1. The average molecular weight is 501 g/mol. The average Bonchev–Trinajstić information content (AvgIpc) is 3.46. The standard InChI is InChI=1S/C29H28N2O6/c1-17-5-11-22(35-4)21(13-17)27(32)25-26(19-7-9-20(10-8-19)30(2)3)31(29(34)28(25)33)15-18-6-12-23-24(14-18)37-16-36-23/h5-14,26,32H,15-16H2,1-4H3/b27-25+. The second-order valence-electron chi connectivity index (χ2n) is 9.30. The van der Waals surface area contributed by atoms with Crippen molar-refractivity contribution < 1.29 is 28.9 Å². The molecule has 1 unspecified atom stereocenters. The van der Waals surface area contributed by atoms with Crippen LogP contribution in [0.4, 0.5) is 5.69 Å². The first-order valence-electron chi connectivity index (χ1n) is 11.9. The monoisotopic (exact) mass is 500 g/mol. The highest BCUT2D eigenvalue weighted by Crippen LogP contribution is 2.43. The Balaban J connectivity index is 1.64. The number of ketones is 1. The summed E-state index contributed by atoms with van der Waals surface area (Å²) in [4.78, 5) is 30.3. The third-order valence-corrected chi connectivity index (χ3v) is 6.67. The number of aliphatic hydroxyl groups is 1. The third-order valence-electron chi connectivity index (χ3n) is 6.67. The molecule has 2 heterocycles. The van der Waals surface area contributed by atoms with Crippen LogP contribution in [0, 0.1) is 6.92 Å². The zero-order chi connectivity index (χ0) is 26.3. The summed E-state index contributed by atoms with van der Waals surface area (Å²) in [6, 6.07) is 17.5. The van der Waals surface area contributed by atoms with Gasteiger partial charge >= 0.3 is 0 Å². The van der Waals surface area contributed by atoms with E-state index in [-0.39, 0.29) is 24.7 Å². The number of carbonyl (C=O) groups excluding carboxylic acids is 2. The Morgan fingerprint density at radius 3 is 2.46 bits per heavy atom. The van der Waals surface area contributed by atoms with Crippen molar-refractivity contribution in [2.45, 2.75) is 19.5 Å². The second-order valence-corrected chi connectivity index (χ2v) is 9.30. The van der Waals surface area contributed by atoms with Crippen LogP contribution in [-0.2, 0) is 16.1 Å². The summed E-state index contributed by atoms with van der Waals surface area (Å²) < 4.78 is 16.3. The normalized spacial score (nSPS) is 17.8. The summed E-state index contributed by atoms with van der Waals surface area (Å²) in [6.45, 7) is 2.16. The van der Waals surface area contributed by atoms with Gasteiger partial charge in [-0.05, 0) is 54.4 Å². The minimum atomic E-state index is -0.799. The second kappa shape index (κ2) is 9.54. The zero-order valence-corrected chi connectivity index (χ0v) is 21.1. The van der Waals surface area contributed by atoms with Crippen molar-refractivity contribution in [1.29, 1.82) is 0 Å². The molecule has 0 bridgehead atoms. The lowest BCUT2D eigenvalue weighted by Crippen LogP contribution is -2.29. The van der Waals surface area contributed by atoms with Crippen LogP contribution in [0.2, 0.25) is 0 Å². The molecule has 5 rings (SSSR count). The molecule has 8 nitrogen and oxygen atoms in total. The maximum Gasteiger partial charge on any atom is 0.295 e. The number of amides is 1. The van der Waals surface area contributed by atoms with E-state index in [0.717, 1.165) is 16.8 Å². The van der Waals surface area contributed by atoms with E-state index in [1.54, 1.807) is 24.3 Å². The lowest BCUT2D eigenvalue weighted by atomic mass is 9.94. The molecule has 1 saturated heterocycles. The lowest BCUT2D eigenvalue weighted by Gasteiger charge is -2.26. The van der Waals surface area contributed by atoms with E-state index in [1.807, 2.05) is 62.3 Å². The molecular formula is C29H28N2O6. The number of rotatable bonds is 6. The van der Waals surface area contributed by atoms with E-state index in [0.29, 0.717) is 28.4 Å². The Morgan fingerprint density at radius 2 is 1.76 bits per heavy atom. The number of anilines is 1. The number of benzene rings is 3. The fourth-order valence-electron chi connectivity index (χ4n) is 4.73. The van der Waals surface area contributed by atoms with Crippen molar-refractivity contribution in [3.8, 4) is 17.2 Å². The molecule has 2 aliphatic heterocycles. The molecule has 0 radical (unpaired) electrons. The molecule has 0 spiro atoms. The highest BCUT2D eigenvalue weighted by Gasteiger charge is 2.46. The van der Waals surface area contributed by atoms with E-state index >= 15 is 0 Å². The predicted molar refractivity (Wildman–Crippen MR) is 139 cm³/mol. The van der Waals surface area contributed by atoms with Gasteiger partial charge in [0.2, 0.25) is 6.79 Å². The van der Waals surface area contributed by atoms with Gasteiger partial charge in [0, 0.05) is 26.3 Å². The highest BCUT2D eigenvalue weighted by atomic mass is 16.7. The number of hydrogen-bond donors (Lipinski definition) is 1.